The molecule has 6 nitrogen and oxygen atoms in total. The molecule has 1 rings (SSSR count). The van der Waals surface area contributed by atoms with Gasteiger partial charge in [-0.25, -0.2) is 4.79 Å². The molecule has 0 aromatic carbocycles. The number of urea groups is 1. The van der Waals surface area contributed by atoms with E-state index in [-0.39, 0.29) is 12.6 Å². The molecule has 6 heteroatoms. The van der Waals surface area contributed by atoms with Crippen LogP contribution in [0, 0.1) is 0 Å². The molecule has 102 valence electrons. The summed E-state index contributed by atoms with van der Waals surface area (Å²) >= 11 is 0. The highest BCUT2D eigenvalue weighted by Gasteiger charge is 2.23. The van der Waals surface area contributed by atoms with Gasteiger partial charge in [0, 0.05) is 26.7 Å². The molecule has 0 aliphatic carbocycles. The monoisotopic (exact) mass is 256 g/mol. The van der Waals surface area contributed by atoms with Gasteiger partial charge in [0.1, 0.15) is 6.54 Å². The number of likely N-dealkylation sites (N-methyl/N-ethyl adjacent to an activating group) is 1. The minimum absolute atomic E-state index is 0.215. The van der Waals surface area contributed by atoms with Crippen LogP contribution in [0.4, 0.5) is 4.79 Å². The molecule has 0 spiro atoms. The topological polar surface area (TPSA) is 70.1 Å². The standard InChI is InChI=1S/C12H20N2O4/c1-3-13(8-11(15)16)12(17)14-6-4-10(5-7-14)9-18-2/h4H,3,5-9H2,1-2H3,(H,15,16). The summed E-state index contributed by atoms with van der Waals surface area (Å²) in [7, 11) is 1.64. The number of carboxylic acids is 1. The zero-order valence-corrected chi connectivity index (χ0v) is 10.9. The van der Waals surface area contributed by atoms with Crippen LogP contribution in [0.15, 0.2) is 11.6 Å². The number of hydrogen-bond donors (Lipinski definition) is 1. The lowest BCUT2D eigenvalue weighted by atomic mass is 10.1. The van der Waals surface area contributed by atoms with Crippen LogP contribution >= 0.6 is 0 Å². The van der Waals surface area contributed by atoms with Crippen LogP contribution in [0.2, 0.25) is 0 Å². The van der Waals surface area contributed by atoms with Gasteiger partial charge in [-0.3, -0.25) is 4.79 Å². The second-order valence-electron chi connectivity index (χ2n) is 4.18. The van der Waals surface area contributed by atoms with Crippen molar-refractivity contribution in [2.75, 3.05) is 39.9 Å². The van der Waals surface area contributed by atoms with Crippen LogP contribution in [0.1, 0.15) is 13.3 Å². The molecule has 0 unspecified atom stereocenters. The first-order valence-corrected chi connectivity index (χ1v) is 6.01. The Balaban J connectivity index is 2.55. The highest BCUT2D eigenvalue weighted by molar-refractivity contribution is 5.80. The second kappa shape index (κ2) is 7.00. The van der Waals surface area contributed by atoms with Crippen LogP contribution in [0.25, 0.3) is 0 Å². The van der Waals surface area contributed by atoms with Crippen LogP contribution in [-0.4, -0.2) is 66.8 Å². The maximum Gasteiger partial charge on any atom is 0.323 e. The van der Waals surface area contributed by atoms with E-state index in [1.54, 1.807) is 18.9 Å². The van der Waals surface area contributed by atoms with E-state index in [9.17, 15) is 9.59 Å². The molecule has 0 atom stereocenters. The van der Waals surface area contributed by atoms with E-state index in [0.29, 0.717) is 26.2 Å². The Bertz CT molecular complexity index is 341. The highest BCUT2D eigenvalue weighted by Crippen LogP contribution is 2.12. The van der Waals surface area contributed by atoms with Gasteiger partial charge < -0.3 is 19.6 Å². The maximum atomic E-state index is 12.1. The summed E-state index contributed by atoms with van der Waals surface area (Å²) in [6.45, 7) is 3.65. The van der Waals surface area contributed by atoms with E-state index < -0.39 is 5.97 Å². The molecule has 0 aromatic rings. The van der Waals surface area contributed by atoms with E-state index in [1.807, 2.05) is 6.08 Å². The quantitative estimate of drug-likeness (QED) is 0.738. The van der Waals surface area contributed by atoms with Crippen molar-refractivity contribution < 1.29 is 19.4 Å². The first kappa shape index (κ1) is 14.5. The molecule has 0 fully saturated rings. The summed E-state index contributed by atoms with van der Waals surface area (Å²) in [5.74, 6) is -0.988. The van der Waals surface area contributed by atoms with E-state index in [2.05, 4.69) is 0 Å². The summed E-state index contributed by atoms with van der Waals surface area (Å²) in [4.78, 5) is 25.7. The van der Waals surface area contributed by atoms with Crippen LogP contribution in [0.5, 0.6) is 0 Å². The van der Waals surface area contributed by atoms with Crippen LogP contribution in [-0.2, 0) is 9.53 Å². The smallest absolute Gasteiger partial charge is 0.323 e. The van der Waals surface area contributed by atoms with Gasteiger partial charge in [-0.15, -0.1) is 0 Å². The molecule has 0 aromatic heterocycles. The maximum absolute atomic E-state index is 12.1. The van der Waals surface area contributed by atoms with E-state index in [1.165, 1.54) is 10.5 Å². The summed E-state index contributed by atoms with van der Waals surface area (Å²) in [6, 6.07) is -0.215. The molecule has 0 saturated carbocycles. The van der Waals surface area contributed by atoms with Gasteiger partial charge in [0.05, 0.1) is 6.61 Å². The van der Waals surface area contributed by atoms with Gasteiger partial charge in [-0.2, -0.15) is 0 Å². The first-order chi connectivity index (χ1) is 8.58. The zero-order chi connectivity index (χ0) is 13.5. The average Bonchev–Trinajstić information content (AvgIpc) is 2.36. The molecule has 2 amide bonds. The van der Waals surface area contributed by atoms with E-state index in [4.69, 9.17) is 9.84 Å². The fourth-order valence-electron chi connectivity index (χ4n) is 1.88. The summed E-state index contributed by atoms with van der Waals surface area (Å²) in [5.41, 5.74) is 1.18. The molecule has 0 bridgehead atoms. The predicted octanol–water partition coefficient (Wildman–Crippen LogP) is 0.791. The lowest BCUT2D eigenvalue weighted by Crippen LogP contribution is -2.46. The Labute approximate surface area is 107 Å². The van der Waals surface area contributed by atoms with Crippen molar-refractivity contribution in [1.29, 1.82) is 0 Å². The zero-order valence-electron chi connectivity index (χ0n) is 10.9. The van der Waals surface area contributed by atoms with Gasteiger partial charge in [-0.05, 0) is 18.9 Å². The predicted molar refractivity (Wildman–Crippen MR) is 66.4 cm³/mol. The minimum Gasteiger partial charge on any atom is -0.480 e. The van der Waals surface area contributed by atoms with Crippen molar-refractivity contribution in [1.82, 2.24) is 9.80 Å². The summed E-state index contributed by atoms with van der Waals surface area (Å²) < 4.78 is 5.04. The number of carbonyl (C=O) groups excluding carboxylic acids is 1. The molecule has 0 radical (unpaired) electrons. The third-order valence-electron chi connectivity index (χ3n) is 2.88. The van der Waals surface area contributed by atoms with Crippen molar-refractivity contribution in [3.05, 3.63) is 11.6 Å². The molecular formula is C12H20N2O4. The Morgan fingerprint density at radius 2 is 2.28 bits per heavy atom. The molecule has 0 saturated heterocycles. The lowest BCUT2D eigenvalue weighted by molar-refractivity contribution is -0.137. The van der Waals surface area contributed by atoms with Gasteiger partial charge in [0.2, 0.25) is 0 Å². The molecule has 18 heavy (non-hydrogen) atoms. The number of aliphatic carboxylic acids is 1. The van der Waals surface area contributed by atoms with Crippen molar-refractivity contribution in [2.45, 2.75) is 13.3 Å². The van der Waals surface area contributed by atoms with Crippen molar-refractivity contribution in [3.63, 3.8) is 0 Å². The highest BCUT2D eigenvalue weighted by atomic mass is 16.5. The molecule has 1 aliphatic heterocycles. The Kier molecular flexibility index (Phi) is 5.64. The number of methoxy groups -OCH3 is 1. The Morgan fingerprint density at radius 1 is 1.56 bits per heavy atom. The number of carbonyl (C=O) groups is 2. The number of carboxylic acid groups (broad SMARTS) is 1. The Morgan fingerprint density at radius 3 is 2.72 bits per heavy atom. The second-order valence-corrected chi connectivity index (χ2v) is 4.18. The Hall–Kier alpha value is -1.56. The third kappa shape index (κ3) is 4.03. The third-order valence-corrected chi connectivity index (χ3v) is 2.88. The molecule has 1 aliphatic rings. The van der Waals surface area contributed by atoms with Crippen LogP contribution < -0.4 is 0 Å². The molecule has 1 N–H and O–H groups in total. The van der Waals surface area contributed by atoms with Crippen molar-refractivity contribution in [3.8, 4) is 0 Å². The fraction of sp³-hybridized carbons (Fsp3) is 0.667. The largest absolute Gasteiger partial charge is 0.480 e. The number of nitrogens with zero attached hydrogens (tertiary/aromatic N) is 2. The van der Waals surface area contributed by atoms with Gasteiger partial charge in [0.15, 0.2) is 0 Å². The number of hydrogen-bond acceptors (Lipinski definition) is 3. The number of amides is 2. The van der Waals surface area contributed by atoms with E-state index >= 15 is 0 Å². The number of rotatable bonds is 5. The fourth-order valence-corrected chi connectivity index (χ4v) is 1.88. The average molecular weight is 256 g/mol. The summed E-state index contributed by atoms with van der Waals surface area (Å²) in [5, 5.41) is 8.73. The van der Waals surface area contributed by atoms with Gasteiger partial charge in [0.25, 0.3) is 0 Å². The van der Waals surface area contributed by atoms with Crippen molar-refractivity contribution in [2.24, 2.45) is 0 Å². The van der Waals surface area contributed by atoms with Crippen molar-refractivity contribution >= 4 is 12.0 Å². The van der Waals surface area contributed by atoms with Gasteiger partial charge >= 0.3 is 12.0 Å². The minimum atomic E-state index is -0.988. The molecular weight excluding hydrogens is 236 g/mol. The van der Waals surface area contributed by atoms with E-state index in [0.717, 1.165) is 6.42 Å². The first-order valence-electron chi connectivity index (χ1n) is 6.01. The van der Waals surface area contributed by atoms with Crippen LogP contribution in [0.3, 0.4) is 0 Å². The lowest BCUT2D eigenvalue weighted by Gasteiger charge is -2.31. The molecule has 1 heterocycles. The van der Waals surface area contributed by atoms with Gasteiger partial charge in [-0.1, -0.05) is 6.08 Å². The summed E-state index contributed by atoms with van der Waals surface area (Å²) in [6.07, 6.45) is 2.75. The normalized spacial score (nSPS) is 15.2. The number of ether oxygens (including phenoxy) is 1. The SMILES string of the molecule is CCN(CC(=O)O)C(=O)N1CC=C(COC)CC1.